The number of hydrogen-bond acceptors (Lipinski definition) is 5. The molecule has 0 saturated carbocycles. The summed E-state index contributed by atoms with van der Waals surface area (Å²) in [6.45, 7) is 3.65. The number of ether oxygens (including phenoxy) is 1. The van der Waals surface area contributed by atoms with Crippen LogP contribution in [0.4, 0.5) is 0 Å². The molecule has 0 saturated heterocycles. The fourth-order valence-electron chi connectivity index (χ4n) is 1.59. The molecule has 0 aliphatic carbocycles. The first-order valence-electron chi connectivity index (χ1n) is 5.66. The molecule has 6 heteroatoms. The summed E-state index contributed by atoms with van der Waals surface area (Å²) in [5.41, 5.74) is 7.58. The van der Waals surface area contributed by atoms with Gasteiger partial charge in [0.1, 0.15) is 0 Å². The average molecular weight is 258 g/mol. The number of nitrogens with zero attached hydrogens (tertiary/aromatic N) is 3. The highest BCUT2D eigenvalue weighted by atomic mass is 16.5. The van der Waals surface area contributed by atoms with Gasteiger partial charge in [0.25, 0.3) is 0 Å². The van der Waals surface area contributed by atoms with E-state index in [2.05, 4.69) is 15.1 Å². The molecule has 0 aromatic carbocycles. The number of pyridine rings is 2. The number of aryl methyl sites for hydroxylation is 2. The van der Waals surface area contributed by atoms with Crippen LogP contribution in [0.25, 0.3) is 0 Å². The van der Waals surface area contributed by atoms with Crippen molar-refractivity contribution in [1.82, 2.24) is 9.97 Å². The average Bonchev–Trinajstić information content (AvgIpc) is 2.40. The summed E-state index contributed by atoms with van der Waals surface area (Å²) in [4.78, 5) is 8.37. The Morgan fingerprint density at radius 2 is 2.16 bits per heavy atom. The molecule has 0 bridgehead atoms. The van der Waals surface area contributed by atoms with Gasteiger partial charge in [-0.2, -0.15) is 0 Å². The zero-order valence-electron chi connectivity index (χ0n) is 10.7. The van der Waals surface area contributed by atoms with Crippen molar-refractivity contribution in [3.63, 3.8) is 0 Å². The number of oxime groups is 1. The Hall–Kier alpha value is -2.63. The van der Waals surface area contributed by atoms with Crippen LogP contribution in [0.3, 0.4) is 0 Å². The summed E-state index contributed by atoms with van der Waals surface area (Å²) in [5, 5.41) is 11.7. The SMILES string of the molecule is Cc1cc(/C(N)=N/O)cc(Oc2cccnc2C)n1. The molecule has 2 aromatic heterocycles. The molecule has 98 valence electrons. The lowest BCUT2D eigenvalue weighted by molar-refractivity contribution is 0.318. The molecule has 2 rings (SSSR count). The molecule has 2 aromatic rings. The van der Waals surface area contributed by atoms with E-state index in [1.54, 1.807) is 37.4 Å². The fourth-order valence-corrected chi connectivity index (χ4v) is 1.59. The van der Waals surface area contributed by atoms with E-state index >= 15 is 0 Å². The van der Waals surface area contributed by atoms with E-state index in [9.17, 15) is 0 Å². The Labute approximate surface area is 110 Å². The zero-order valence-corrected chi connectivity index (χ0v) is 10.7. The molecular formula is C13H14N4O2. The smallest absolute Gasteiger partial charge is 0.220 e. The molecule has 6 nitrogen and oxygen atoms in total. The minimum absolute atomic E-state index is 0.0123. The minimum atomic E-state index is 0.0123. The van der Waals surface area contributed by atoms with E-state index in [1.165, 1.54) is 0 Å². The highest BCUT2D eigenvalue weighted by Crippen LogP contribution is 2.22. The van der Waals surface area contributed by atoms with E-state index in [0.29, 0.717) is 22.9 Å². The summed E-state index contributed by atoms with van der Waals surface area (Å²) in [6.07, 6.45) is 1.69. The number of nitrogens with two attached hydrogens (primary N) is 1. The van der Waals surface area contributed by atoms with E-state index in [4.69, 9.17) is 15.7 Å². The first kappa shape index (κ1) is 12.8. The van der Waals surface area contributed by atoms with Crippen LogP contribution in [-0.2, 0) is 0 Å². The Bertz CT molecular complexity index is 626. The molecule has 0 amide bonds. The number of rotatable bonds is 3. The molecule has 19 heavy (non-hydrogen) atoms. The van der Waals surface area contributed by atoms with Crippen molar-refractivity contribution in [3.05, 3.63) is 47.4 Å². The molecule has 3 N–H and O–H groups in total. The van der Waals surface area contributed by atoms with Crippen molar-refractivity contribution < 1.29 is 9.94 Å². The second kappa shape index (κ2) is 5.34. The lowest BCUT2D eigenvalue weighted by Gasteiger charge is -2.09. The van der Waals surface area contributed by atoms with Crippen molar-refractivity contribution in [2.24, 2.45) is 10.9 Å². The van der Waals surface area contributed by atoms with Crippen molar-refractivity contribution in [2.45, 2.75) is 13.8 Å². The van der Waals surface area contributed by atoms with Crippen LogP contribution in [0.2, 0.25) is 0 Å². The highest BCUT2D eigenvalue weighted by molar-refractivity contribution is 5.97. The van der Waals surface area contributed by atoms with Gasteiger partial charge in [0.15, 0.2) is 11.6 Å². The number of hydrogen-bond donors (Lipinski definition) is 2. The Morgan fingerprint density at radius 1 is 1.37 bits per heavy atom. The molecule has 2 heterocycles. The second-order valence-electron chi connectivity index (χ2n) is 4.01. The van der Waals surface area contributed by atoms with Gasteiger partial charge in [0, 0.05) is 23.5 Å². The first-order valence-corrected chi connectivity index (χ1v) is 5.66. The van der Waals surface area contributed by atoms with Crippen LogP contribution >= 0.6 is 0 Å². The lowest BCUT2D eigenvalue weighted by atomic mass is 10.2. The standard InChI is InChI=1S/C13H14N4O2/c1-8-6-10(13(14)17-18)7-12(16-8)19-11-4-3-5-15-9(11)2/h3-7,18H,1-2H3,(H2,14,17). The maximum Gasteiger partial charge on any atom is 0.220 e. The maximum absolute atomic E-state index is 8.70. The van der Waals surface area contributed by atoms with Gasteiger partial charge in [0.05, 0.1) is 5.69 Å². The molecule has 0 spiro atoms. The van der Waals surface area contributed by atoms with E-state index in [-0.39, 0.29) is 5.84 Å². The number of aromatic nitrogens is 2. The van der Waals surface area contributed by atoms with Gasteiger partial charge in [-0.05, 0) is 32.0 Å². The van der Waals surface area contributed by atoms with Crippen molar-refractivity contribution >= 4 is 5.84 Å². The predicted octanol–water partition coefficient (Wildman–Crippen LogP) is 1.98. The summed E-state index contributed by atoms with van der Waals surface area (Å²) in [6, 6.07) is 6.89. The molecule has 0 atom stereocenters. The third kappa shape index (κ3) is 2.98. The van der Waals surface area contributed by atoms with Crippen molar-refractivity contribution in [2.75, 3.05) is 0 Å². The molecule has 0 unspecified atom stereocenters. The Kier molecular flexibility index (Phi) is 3.61. The number of amidine groups is 1. The maximum atomic E-state index is 8.70. The van der Waals surface area contributed by atoms with Gasteiger partial charge in [-0.25, -0.2) is 4.98 Å². The molecule has 0 fully saturated rings. The summed E-state index contributed by atoms with van der Waals surface area (Å²) in [5.74, 6) is 1.00. The van der Waals surface area contributed by atoms with Gasteiger partial charge < -0.3 is 15.7 Å². The molecule has 0 aliphatic rings. The monoisotopic (exact) mass is 258 g/mol. The third-order valence-electron chi connectivity index (χ3n) is 2.51. The second-order valence-corrected chi connectivity index (χ2v) is 4.01. The van der Waals surface area contributed by atoms with Crippen LogP contribution in [0.5, 0.6) is 11.6 Å². The largest absolute Gasteiger partial charge is 0.437 e. The first-order chi connectivity index (χ1) is 9.10. The summed E-state index contributed by atoms with van der Waals surface area (Å²) < 4.78 is 5.66. The lowest BCUT2D eigenvalue weighted by Crippen LogP contribution is -2.13. The van der Waals surface area contributed by atoms with Gasteiger partial charge in [-0.15, -0.1) is 0 Å². The third-order valence-corrected chi connectivity index (χ3v) is 2.51. The van der Waals surface area contributed by atoms with Crippen LogP contribution in [0.1, 0.15) is 17.0 Å². The minimum Gasteiger partial charge on any atom is -0.437 e. The van der Waals surface area contributed by atoms with E-state index in [1.807, 2.05) is 6.92 Å². The normalized spacial score (nSPS) is 11.4. The van der Waals surface area contributed by atoms with Gasteiger partial charge >= 0.3 is 0 Å². The quantitative estimate of drug-likeness (QED) is 0.380. The van der Waals surface area contributed by atoms with Gasteiger partial charge in [-0.3, -0.25) is 4.98 Å². The Morgan fingerprint density at radius 3 is 2.84 bits per heavy atom. The summed E-state index contributed by atoms with van der Waals surface area (Å²) >= 11 is 0. The van der Waals surface area contributed by atoms with Crippen LogP contribution < -0.4 is 10.5 Å². The van der Waals surface area contributed by atoms with E-state index < -0.39 is 0 Å². The molecular weight excluding hydrogens is 244 g/mol. The van der Waals surface area contributed by atoms with Crippen LogP contribution in [0, 0.1) is 13.8 Å². The van der Waals surface area contributed by atoms with Crippen molar-refractivity contribution in [3.8, 4) is 11.6 Å². The molecule has 0 radical (unpaired) electrons. The zero-order chi connectivity index (χ0) is 13.8. The molecule has 0 aliphatic heterocycles. The predicted molar refractivity (Wildman–Crippen MR) is 70.5 cm³/mol. The highest BCUT2D eigenvalue weighted by Gasteiger charge is 2.07. The van der Waals surface area contributed by atoms with Crippen LogP contribution in [-0.4, -0.2) is 21.0 Å². The van der Waals surface area contributed by atoms with Crippen LogP contribution in [0.15, 0.2) is 35.6 Å². The Balaban J connectivity index is 2.36. The fraction of sp³-hybridized carbons (Fsp3) is 0.154. The van der Waals surface area contributed by atoms with E-state index in [0.717, 1.165) is 5.69 Å². The summed E-state index contributed by atoms with van der Waals surface area (Å²) in [7, 11) is 0. The topological polar surface area (TPSA) is 93.6 Å². The van der Waals surface area contributed by atoms with Gasteiger partial charge in [0.2, 0.25) is 5.88 Å². The van der Waals surface area contributed by atoms with Gasteiger partial charge in [-0.1, -0.05) is 5.16 Å². The van der Waals surface area contributed by atoms with Crippen molar-refractivity contribution in [1.29, 1.82) is 0 Å².